The number of hydrogen-bond donors (Lipinski definition) is 1. The minimum Gasteiger partial charge on any atom is -0.465 e. The van der Waals surface area contributed by atoms with Crippen LogP contribution in [-0.2, 0) is 28.8 Å². The van der Waals surface area contributed by atoms with E-state index in [0.29, 0.717) is 30.7 Å². The first-order valence-electron chi connectivity index (χ1n) is 7.34. The highest BCUT2D eigenvalue weighted by Crippen LogP contribution is 2.27. The van der Waals surface area contributed by atoms with Gasteiger partial charge in [0, 0.05) is 25.7 Å². The summed E-state index contributed by atoms with van der Waals surface area (Å²) < 4.78 is 4.77. The van der Waals surface area contributed by atoms with Crippen LogP contribution in [0.3, 0.4) is 0 Å². The largest absolute Gasteiger partial charge is 0.465 e. The molecule has 0 aromatic rings. The Hall–Kier alpha value is -1.96. The van der Waals surface area contributed by atoms with Gasteiger partial charge >= 0.3 is 11.9 Å². The van der Waals surface area contributed by atoms with Gasteiger partial charge in [-0.1, -0.05) is 0 Å². The number of ether oxygens (including phenoxy) is 1. The van der Waals surface area contributed by atoms with Crippen molar-refractivity contribution in [3.05, 3.63) is 0 Å². The van der Waals surface area contributed by atoms with Crippen LogP contribution in [0.4, 0.5) is 0 Å². The summed E-state index contributed by atoms with van der Waals surface area (Å²) in [6.07, 6.45) is 1.88. The quantitative estimate of drug-likeness (QED) is 0.424. The molecule has 2 saturated heterocycles. The lowest BCUT2D eigenvalue weighted by Gasteiger charge is -2.30. The fourth-order valence-corrected chi connectivity index (χ4v) is 2.51. The molecule has 0 saturated carbocycles. The number of aliphatic hydroxyl groups is 1. The molecule has 1 N–H and O–H groups in total. The molecule has 22 heavy (non-hydrogen) atoms. The fraction of sp³-hybridized carbons (Fsp3) is 0.714. The first-order valence-corrected chi connectivity index (χ1v) is 7.34. The number of hydroxylamine groups is 2. The van der Waals surface area contributed by atoms with Gasteiger partial charge in [0.2, 0.25) is 0 Å². The Balaban J connectivity index is 1.66. The van der Waals surface area contributed by atoms with Crippen molar-refractivity contribution >= 4 is 23.8 Å². The van der Waals surface area contributed by atoms with Crippen molar-refractivity contribution < 1.29 is 33.9 Å². The van der Waals surface area contributed by atoms with Crippen LogP contribution in [0.25, 0.3) is 0 Å². The molecule has 2 rings (SSSR count). The molecule has 0 bridgehead atoms. The maximum atomic E-state index is 11.6. The Morgan fingerprint density at radius 1 is 1.23 bits per heavy atom. The number of nitrogens with zero attached hydrogens (tertiary/aromatic N) is 1. The molecule has 0 aromatic carbocycles. The molecule has 2 fully saturated rings. The molecular formula is C14H19NO7. The number of carbonyl (C=O) groups is 4. The van der Waals surface area contributed by atoms with Crippen molar-refractivity contribution in [1.29, 1.82) is 0 Å². The van der Waals surface area contributed by atoms with Gasteiger partial charge < -0.3 is 14.7 Å². The Kier molecular flexibility index (Phi) is 5.12. The monoisotopic (exact) mass is 313 g/mol. The van der Waals surface area contributed by atoms with E-state index in [2.05, 4.69) is 0 Å². The van der Waals surface area contributed by atoms with E-state index in [-0.39, 0.29) is 32.3 Å². The van der Waals surface area contributed by atoms with E-state index >= 15 is 0 Å². The predicted molar refractivity (Wildman–Crippen MR) is 70.8 cm³/mol. The van der Waals surface area contributed by atoms with Crippen LogP contribution in [-0.4, -0.2) is 46.1 Å². The van der Waals surface area contributed by atoms with Gasteiger partial charge in [-0.3, -0.25) is 14.4 Å². The molecule has 2 aliphatic heterocycles. The molecule has 8 nitrogen and oxygen atoms in total. The molecule has 1 unspecified atom stereocenters. The highest BCUT2D eigenvalue weighted by Gasteiger charge is 2.35. The van der Waals surface area contributed by atoms with Crippen molar-refractivity contribution in [2.75, 3.05) is 6.61 Å². The summed E-state index contributed by atoms with van der Waals surface area (Å²) in [5.41, 5.74) is -1.07. The van der Waals surface area contributed by atoms with Crippen LogP contribution in [0.2, 0.25) is 0 Å². The summed E-state index contributed by atoms with van der Waals surface area (Å²) in [5.74, 6) is -2.08. The number of imide groups is 1. The third-order valence-corrected chi connectivity index (χ3v) is 3.78. The van der Waals surface area contributed by atoms with Gasteiger partial charge in [-0.2, -0.15) is 0 Å². The molecule has 0 spiro atoms. The second-order valence-electron chi connectivity index (χ2n) is 5.62. The van der Waals surface area contributed by atoms with Crippen LogP contribution >= 0.6 is 0 Å². The average molecular weight is 313 g/mol. The lowest BCUT2D eigenvalue weighted by Crippen LogP contribution is -2.38. The Morgan fingerprint density at radius 3 is 2.55 bits per heavy atom. The SMILES string of the molecule is O=C1CC(O)(CCCCC(=O)ON2C(=O)CCC2=O)CCO1. The number of rotatable bonds is 6. The molecule has 2 amide bonds. The summed E-state index contributed by atoms with van der Waals surface area (Å²) in [7, 11) is 0. The number of cyclic esters (lactones) is 1. The lowest BCUT2D eigenvalue weighted by molar-refractivity contribution is -0.197. The van der Waals surface area contributed by atoms with E-state index in [4.69, 9.17) is 9.57 Å². The summed E-state index contributed by atoms with van der Waals surface area (Å²) in [4.78, 5) is 50.0. The minimum atomic E-state index is -1.07. The number of carbonyl (C=O) groups excluding carboxylic acids is 4. The van der Waals surface area contributed by atoms with E-state index < -0.39 is 29.4 Å². The zero-order valence-corrected chi connectivity index (χ0v) is 12.2. The van der Waals surface area contributed by atoms with Gasteiger partial charge in [0.05, 0.1) is 18.6 Å². The standard InChI is InChI=1S/C14H19NO7/c16-10-4-5-11(17)15(10)22-12(18)3-1-2-6-14(20)7-8-21-13(19)9-14/h20H,1-9H2. The first kappa shape index (κ1) is 16.4. The number of hydrogen-bond acceptors (Lipinski definition) is 7. The summed E-state index contributed by atoms with van der Waals surface area (Å²) in [5, 5.41) is 10.7. The van der Waals surface area contributed by atoms with Crippen molar-refractivity contribution in [2.45, 2.75) is 57.0 Å². The summed E-state index contributed by atoms with van der Waals surface area (Å²) >= 11 is 0. The fourth-order valence-electron chi connectivity index (χ4n) is 2.51. The third-order valence-electron chi connectivity index (χ3n) is 3.78. The summed E-state index contributed by atoms with van der Waals surface area (Å²) in [6, 6.07) is 0. The number of esters is 1. The molecule has 0 radical (unpaired) electrons. The Labute approximate surface area is 127 Å². The van der Waals surface area contributed by atoms with Crippen LogP contribution in [0.5, 0.6) is 0 Å². The molecular weight excluding hydrogens is 294 g/mol. The van der Waals surface area contributed by atoms with E-state index in [9.17, 15) is 24.3 Å². The van der Waals surface area contributed by atoms with Crippen LogP contribution in [0, 0.1) is 0 Å². The number of amides is 2. The van der Waals surface area contributed by atoms with Crippen LogP contribution in [0.15, 0.2) is 0 Å². The van der Waals surface area contributed by atoms with E-state index in [1.165, 1.54) is 0 Å². The van der Waals surface area contributed by atoms with Crippen LogP contribution < -0.4 is 0 Å². The molecule has 0 aromatic heterocycles. The molecule has 8 heteroatoms. The second-order valence-corrected chi connectivity index (χ2v) is 5.62. The second kappa shape index (κ2) is 6.87. The van der Waals surface area contributed by atoms with Crippen molar-refractivity contribution in [3.8, 4) is 0 Å². The third kappa shape index (κ3) is 4.27. The normalized spacial score (nSPS) is 25.3. The maximum absolute atomic E-state index is 11.6. The molecule has 2 heterocycles. The van der Waals surface area contributed by atoms with Crippen LogP contribution in [0.1, 0.15) is 51.4 Å². The van der Waals surface area contributed by atoms with Gasteiger partial charge in [-0.15, -0.1) is 5.06 Å². The minimum absolute atomic E-state index is 0.0335. The highest BCUT2D eigenvalue weighted by molar-refractivity contribution is 6.01. The highest BCUT2D eigenvalue weighted by atomic mass is 16.7. The zero-order valence-electron chi connectivity index (χ0n) is 12.2. The van der Waals surface area contributed by atoms with Crippen molar-refractivity contribution in [2.24, 2.45) is 0 Å². The molecule has 1 atom stereocenters. The zero-order chi connectivity index (χ0) is 16.2. The van der Waals surface area contributed by atoms with Gasteiger partial charge in [0.1, 0.15) is 0 Å². The summed E-state index contributed by atoms with van der Waals surface area (Å²) in [6.45, 7) is 0.205. The molecule has 2 aliphatic rings. The lowest BCUT2D eigenvalue weighted by atomic mass is 9.88. The van der Waals surface area contributed by atoms with Crippen molar-refractivity contribution in [1.82, 2.24) is 5.06 Å². The van der Waals surface area contributed by atoms with Gasteiger partial charge in [0.25, 0.3) is 11.8 Å². The smallest absolute Gasteiger partial charge is 0.333 e. The van der Waals surface area contributed by atoms with E-state index in [1.54, 1.807) is 0 Å². The first-order chi connectivity index (χ1) is 10.4. The van der Waals surface area contributed by atoms with Gasteiger partial charge in [-0.25, -0.2) is 4.79 Å². The van der Waals surface area contributed by atoms with Gasteiger partial charge in [-0.05, 0) is 19.3 Å². The van der Waals surface area contributed by atoms with Crippen molar-refractivity contribution in [3.63, 3.8) is 0 Å². The molecule has 0 aliphatic carbocycles. The number of unbranched alkanes of at least 4 members (excludes halogenated alkanes) is 1. The van der Waals surface area contributed by atoms with E-state index in [1.807, 2.05) is 0 Å². The Morgan fingerprint density at radius 2 is 1.91 bits per heavy atom. The average Bonchev–Trinajstić information content (AvgIpc) is 2.75. The maximum Gasteiger partial charge on any atom is 0.333 e. The molecule has 122 valence electrons. The van der Waals surface area contributed by atoms with Gasteiger partial charge in [0.15, 0.2) is 0 Å². The topological polar surface area (TPSA) is 110 Å². The Bertz CT molecular complexity index is 474. The van der Waals surface area contributed by atoms with E-state index in [0.717, 1.165) is 0 Å². The predicted octanol–water partition coefficient (Wildman–Crippen LogP) is 0.222.